The molecule has 0 bridgehead atoms. The number of rotatable bonds is 4. The zero-order chi connectivity index (χ0) is 11.5. The molecular formula is C13H17NO2. The van der Waals surface area contributed by atoms with Crippen LogP contribution in [-0.2, 0) is 4.79 Å². The normalized spacial score (nSPS) is 15.6. The lowest BCUT2D eigenvalue weighted by atomic mass is 9.91. The maximum absolute atomic E-state index is 10.9. The molecule has 1 aromatic carbocycles. The van der Waals surface area contributed by atoms with Crippen molar-refractivity contribution >= 4 is 11.7 Å². The fourth-order valence-corrected chi connectivity index (χ4v) is 2.01. The van der Waals surface area contributed by atoms with Gasteiger partial charge in [0.05, 0.1) is 0 Å². The van der Waals surface area contributed by atoms with Crippen LogP contribution in [0.2, 0.25) is 0 Å². The molecule has 1 aliphatic rings. The number of aliphatic carboxylic acids is 1. The van der Waals surface area contributed by atoms with Crippen molar-refractivity contribution in [2.24, 2.45) is 0 Å². The minimum Gasteiger partial charge on any atom is -0.480 e. The first-order valence-electron chi connectivity index (χ1n) is 5.72. The molecule has 0 spiro atoms. The molecule has 86 valence electrons. The Kier molecular flexibility index (Phi) is 3.13. The van der Waals surface area contributed by atoms with Crippen LogP contribution >= 0.6 is 0 Å². The first-order valence-corrected chi connectivity index (χ1v) is 5.72. The van der Waals surface area contributed by atoms with Crippen molar-refractivity contribution in [3.8, 4) is 0 Å². The van der Waals surface area contributed by atoms with Crippen LogP contribution in [0.3, 0.4) is 0 Å². The molecule has 0 aliphatic heterocycles. The molecule has 0 saturated heterocycles. The van der Waals surface area contributed by atoms with Crippen LogP contribution in [-0.4, -0.2) is 23.7 Å². The second-order valence-corrected chi connectivity index (χ2v) is 4.44. The van der Waals surface area contributed by atoms with E-state index < -0.39 is 5.97 Å². The largest absolute Gasteiger partial charge is 0.480 e. The first-order chi connectivity index (χ1) is 7.66. The maximum atomic E-state index is 10.9. The molecule has 1 saturated carbocycles. The zero-order valence-corrected chi connectivity index (χ0v) is 9.52. The summed E-state index contributed by atoms with van der Waals surface area (Å²) in [5.74, 6) is -0.757. The molecule has 1 aliphatic carbocycles. The maximum Gasteiger partial charge on any atom is 0.323 e. The van der Waals surface area contributed by atoms with E-state index in [-0.39, 0.29) is 6.54 Å². The van der Waals surface area contributed by atoms with Gasteiger partial charge in [-0.3, -0.25) is 4.79 Å². The van der Waals surface area contributed by atoms with Crippen molar-refractivity contribution in [1.29, 1.82) is 0 Å². The molecule has 3 nitrogen and oxygen atoms in total. The summed E-state index contributed by atoms with van der Waals surface area (Å²) < 4.78 is 0. The zero-order valence-electron chi connectivity index (χ0n) is 9.52. The van der Waals surface area contributed by atoms with E-state index >= 15 is 0 Å². The van der Waals surface area contributed by atoms with E-state index in [2.05, 4.69) is 0 Å². The minimum atomic E-state index is -0.757. The number of benzene rings is 1. The van der Waals surface area contributed by atoms with Gasteiger partial charge in [0.25, 0.3) is 0 Å². The van der Waals surface area contributed by atoms with Crippen LogP contribution in [0.25, 0.3) is 0 Å². The Hall–Kier alpha value is -1.51. The molecular weight excluding hydrogens is 202 g/mol. The smallest absolute Gasteiger partial charge is 0.323 e. The SMILES string of the molecule is Cc1ccc(N(CC(=O)O)C2CCC2)cc1. The monoisotopic (exact) mass is 219 g/mol. The molecule has 16 heavy (non-hydrogen) atoms. The third-order valence-corrected chi connectivity index (χ3v) is 3.19. The van der Waals surface area contributed by atoms with Crippen molar-refractivity contribution in [3.63, 3.8) is 0 Å². The number of carbonyl (C=O) groups is 1. The Morgan fingerprint density at radius 1 is 1.38 bits per heavy atom. The van der Waals surface area contributed by atoms with Gasteiger partial charge in [0.15, 0.2) is 0 Å². The van der Waals surface area contributed by atoms with Gasteiger partial charge in [-0.15, -0.1) is 0 Å². The van der Waals surface area contributed by atoms with Gasteiger partial charge < -0.3 is 10.0 Å². The Morgan fingerprint density at radius 3 is 2.44 bits per heavy atom. The number of aryl methyl sites for hydroxylation is 1. The molecule has 1 N–H and O–H groups in total. The summed E-state index contributed by atoms with van der Waals surface area (Å²) in [5.41, 5.74) is 2.23. The van der Waals surface area contributed by atoms with Gasteiger partial charge >= 0.3 is 5.97 Å². The molecule has 3 heteroatoms. The van der Waals surface area contributed by atoms with Crippen molar-refractivity contribution in [3.05, 3.63) is 29.8 Å². The second kappa shape index (κ2) is 4.56. The van der Waals surface area contributed by atoms with E-state index in [0.29, 0.717) is 6.04 Å². The molecule has 0 unspecified atom stereocenters. The summed E-state index contributed by atoms with van der Waals surface area (Å²) in [6.07, 6.45) is 3.44. The highest BCUT2D eigenvalue weighted by Crippen LogP contribution is 2.29. The molecule has 0 atom stereocenters. The third-order valence-electron chi connectivity index (χ3n) is 3.19. The number of nitrogens with zero attached hydrogens (tertiary/aromatic N) is 1. The van der Waals surface area contributed by atoms with Gasteiger partial charge in [-0.05, 0) is 38.3 Å². The average molecular weight is 219 g/mol. The summed E-state index contributed by atoms with van der Waals surface area (Å²) in [6.45, 7) is 2.14. The van der Waals surface area contributed by atoms with Gasteiger partial charge in [-0.1, -0.05) is 17.7 Å². The van der Waals surface area contributed by atoms with Gasteiger partial charge in [-0.2, -0.15) is 0 Å². The molecule has 2 rings (SSSR count). The van der Waals surface area contributed by atoms with E-state index in [1.807, 2.05) is 36.1 Å². The summed E-state index contributed by atoms with van der Waals surface area (Å²) in [6, 6.07) is 8.50. The number of hydrogen-bond donors (Lipinski definition) is 1. The van der Waals surface area contributed by atoms with Gasteiger partial charge in [0.2, 0.25) is 0 Å². The van der Waals surface area contributed by atoms with Crippen molar-refractivity contribution < 1.29 is 9.90 Å². The van der Waals surface area contributed by atoms with E-state index in [9.17, 15) is 4.79 Å². The molecule has 0 amide bonds. The van der Waals surface area contributed by atoms with Crippen LogP contribution in [0, 0.1) is 6.92 Å². The summed E-state index contributed by atoms with van der Waals surface area (Å²) in [4.78, 5) is 12.9. The van der Waals surface area contributed by atoms with Crippen LogP contribution in [0.15, 0.2) is 24.3 Å². The lowest BCUT2D eigenvalue weighted by Gasteiger charge is -2.38. The Labute approximate surface area is 95.7 Å². The van der Waals surface area contributed by atoms with Crippen molar-refractivity contribution in [2.75, 3.05) is 11.4 Å². The molecule has 1 fully saturated rings. The predicted molar refractivity (Wildman–Crippen MR) is 63.8 cm³/mol. The summed E-state index contributed by atoms with van der Waals surface area (Å²) >= 11 is 0. The van der Waals surface area contributed by atoms with Crippen LogP contribution in [0.4, 0.5) is 5.69 Å². The Bertz CT molecular complexity index is 368. The fourth-order valence-electron chi connectivity index (χ4n) is 2.01. The van der Waals surface area contributed by atoms with Gasteiger partial charge in [0.1, 0.15) is 6.54 Å². The van der Waals surface area contributed by atoms with E-state index in [0.717, 1.165) is 18.5 Å². The van der Waals surface area contributed by atoms with Crippen molar-refractivity contribution in [2.45, 2.75) is 32.2 Å². The highest BCUT2D eigenvalue weighted by atomic mass is 16.4. The fraction of sp³-hybridized carbons (Fsp3) is 0.462. The Morgan fingerprint density at radius 2 is 2.00 bits per heavy atom. The highest BCUT2D eigenvalue weighted by molar-refractivity contribution is 5.74. The minimum absolute atomic E-state index is 0.105. The number of carboxylic acids is 1. The number of hydrogen-bond acceptors (Lipinski definition) is 2. The second-order valence-electron chi connectivity index (χ2n) is 4.44. The highest BCUT2D eigenvalue weighted by Gasteiger charge is 2.26. The van der Waals surface area contributed by atoms with Gasteiger partial charge in [0, 0.05) is 11.7 Å². The summed E-state index contributed by atoms with van der Waals surface area (Å²) in [7, 11) is 0. The Balaban J connectivity index is 2.16. The number of carboxylic acid groups (broad SMARTS) is 1. The van der Waals surface area contributed by atoms with Crippen molar-refractivity contribution in [1.82, 2.24) is 0 Å². The lowest BCUT2D eigenvalue weighted by Crippen LogP contribution is -2.43. The van der Waals surface area contributed by atoms with Crippen LogP contribution in [0.1, 0.15) is 24.8 Å². The molecule has 1 aromatic rings. The average Bonchev–Trinajstić information content (AvgIpc) is 2.14. The van der Waals surface area contributed by atoms with E-state index in [1.165, 1.54) is 12.0 Å². The van der Waals surface area contributed by atoms with Crippen LogP contribution < -0.4 is 4.90 Å². The standard InChI is InChI=1S/C13H17NO2/c1-10-5-7-12(8-6-10)14(9-13(15)16)11-3-2-4-11/h5-8,11H,2-4,9H2,1H3,(H,15,16). The summed E-state index contributed by atoms with van der Waals surface area (Å²) in [5, 5.41) is 8.93. The predicted octanol–water partition coefficient (Wildman–Crippen LogP) is 2.44. The molecule has 0 heterocycles. The first kappa shape index (κ1) is 11.0. The topological polar surface area (TPSA) is 40.5 Å². The molecule has 0 aromatic heterocycles. The quantitative estimate of drug-likeness (QED) is 0.845. The van der Waals surface area contributed by atoms with Gasteiger partial charge in [-0.25, -0.2) is 0 Å². The third kappa shape index (κ3) is 2.35. The number of anilines is 1. The molecule has 0 radical (unpaired) electrons. The van der Waals surface area contributed by atoms with E-state index in [4.69, 9.17) is 5.11 Å². The van der Waals surface area contributed by atoms with Crippen LogP contribution in [0.5, 0.6) is 0 Å². The van der Waals surface area contributed by atoms with E-state index in [1.54, 1.807) is 0 Å². The lowest BCUT2D eigenvalue weighted by molar-refractivity contribution is -0.135.